The van der Waals surface area contributed by atoms with Gasteiger partial charge in [-0.3, -0.25) is 9.89 Å². The van der Waals surface area contributed by atoms with Crippen LogP contribution in [0.3, 0.4) is 0 Å². The number of nitrogens with one attached hydrogen (secondary N) is 2. The first-order valence-corrected chi connectivity index (χ1v) is 7.54. The second-order valence-electron chi connectivity index (χ2n) is 4.49. The topological polar surface area (TPSA) is 70.7 Å². The van der Waals surface area contributed by atoms with Crippen LogP contribution in [-0.4, -0.2) is 27.6 Å². The van der Waals surface area contributed by atoms with Gasteiger partial charge in [-0.1, -0.05) is 30.3 Å². The molecule has 1 aromatic carbocycles. The van der Waals surface area contributed by atoms with Crippen molar-refractivity contribution in [3.63, 3.8) is 0 Å². The molecule has 3 aromatic rings. The lowest BCUT2D eigenvalue weighted by Gasteiger charge is -2.01. The van der Waals surface area contributed by atoms with Crippen molar-refractivity contribution in [2.75, 3.05) is 6.54 Å². The quantitative estimate of drug-likeness (QED) is 0.760. The predicted molar refractivity (Wildman–Crippen MR) is 82.2 cm³/mol. The number of aromatic amines is 1. The first-order valence-electron chi connectivity index (χ1n) is 6.60. The molecule has 6 heteroatoms. The molecule has 0 unspecified atom stereocenters. The number of thiophene rings is 1. The molecule has 0 aliphatic carbocycles. The van der Waals surface area contributed by atoms with Crippen LogP contribution in [0.1, 0.15) is 16.2 Å². The summed E-state index contributed by atoms with van der Waals surface area (Å²) in [6.07, 6.45) is 0.621. The zero-order chi connectivity index (χ0) is 14.5. The number of hydrogen-bond donors (Lipinski definition) is 2. The maximum absolute atomic E-state index is 11.8. The summed E-state index contributed by atoms with van der Waals surface area (Å²) in [5, 5.41) is 13.7. The van der Waals surface area contributed by atoms with Gasteiger partial charge in [-0.25, -0.2) is 4.98 Å². The molecule has 0 atom stereocenters. The highest BCUT2D eigenvalue weighted by molar-refractivity contribution is 7.08. The maximum atomic E-state index is 11.8. The normalized spacial score (nSPS) is 10.5. The highest BCUT2D eigenvalue weighted by Gasteiger charge is 2.07. The molecule has 21 heavy (non-hydrogen) atoms. The van der Waals surface area contributed by atoms with Crippen LogP contribution in [0.2, 0.25) is 0 Å². The molecule has 2 N–H and O–H groups in total. The molecule has 2 heterocycles. The fourth-order valence-electron chi connectivity index (χ4n) is 1.91. The number of carbonyl (C=O) groups excluding carboxylic acids is 1. The second-order valence-corrected chi connectivity index (χ2v) is 5.27. The van der Waals surface area contributed by atoms with Gasteiger partial charge in [0.1, 0.15) is 5.82 Å². The third kappa shape index (κ3) is 3.35. The van der Waals surface area contributed by atoms with Gasteiger partial charge < -0.3 is 5.32 Å². The van der Waals surface area contributed by atoms with E-state index in [0.29, 0.717) is 24.4 Å². The number of nitrogens with zero attached hydrogens (tertiary/aromatic N) is 2. The minimum atomic E-state index is -0.0564. The second kappa shape index (κ2) is 6.32. The number of hydrogen-bond acceptors (Lipinski definition) is 4. The average molecular weight is 298 g/mol. The van der Waals surface area contributed by atoms with Gasteiger partial charge in [-0.05, 0) is 11.4 Å². The largest absolute Gasteiger partial charge is 0.352 e. The van der Waals surface area contributed by atoms with Gasteiger partial charge in [-0.15, -0.1) is 0 Å². The van der Waals surface area contributed by atoms with Gasteiger partial charge >= 0.3 is 0 Å². The Morgan fingerprint density at radius 1 is 1.24 bits per heavy atom. The van der Waals surface area contributed by atoms with E-state index in [0.717, 1.165) is 11.4 Å². The van der Waals surface area contributed by atoms with E-state index in [-0.39, 0.29) is 5.91 Å². The zero-order valence-corrected chi connectivity index (χ0v) is 12.1. The number of carbonyl (C=O) groups is 1. The highest BCUT2D eigenvalue weighted by Crippen LogP contribution is 2.13. The SMILES string of the molecule is O=C(NCCc1nc(-c2ccccc2)n[nH]1)c1ccsc1. The van der Waals surface area contributed by atoms with Crippen molar-refractivity contribution < 1.29 is 4.79 Å². The number of benzene rings is 1. The van der Waals surface area contributed by atoms with Crippen LogP contribution in [-0.2, 0) is 6.42 Å². The lowest BCUT2D eigenvalue weighted by molar-refractivity contribution is 0.0954. The van der Waals surface area contributed by atoms with E-state index >= 15 is 0 Å². The third-order valence-electron chi connectivity index (χ3n) is 2.99. The van der Waals surface area contributed by atoms with Crippen molar-refractivity contribution in [3.8, 4) is 11.4 Å². The van der Waals surface area contributed by atoms with Crippen LogP contribution < -0.4 is 5.32 Å². The number of rotatable bonds is 5. The molecule has 0 fully saturated rings. The molecule has 0 bridgehead atoms. The summed E-state index contributed by atoms with van der Waals surface area (Å²) < 4.78 is 0. The molecule has 0 spiro atoms. The fraction of sp³-hybridized carbons (Fsp3) is 0.133. The van der Waals surface area contributed by atoms with E-state index < -0.39 is 0 Å². The number of aromatic nitrogens is 3. The summed E-state index contributed by atoms with van der Waals surface area (Å²) in [5.41, 5.74) is 1.67. The van der Waals surface area contributed by atoms with Gasteiger partial charge in [0.25, 0.3) is 5.91 Å². The Hall–Kier alpha value is -2.47. The third-order valence-corrected chi connectivity index (χ3v) is 3.68. The minimum Gasteiger partial charge on any atom is -0.352 e. The molecule has 1 amide bonds. The average Bonchev–Trinajstić information content (AvgIpc) is 3.20. The van der Waals surface area contributed by atoms with Crippen molar-refractivity contribution in [1.29, 1.82) is 0 Å². The van der Waals surface area contributed by atoms with Gasteiger partial charge in [0.2, 0.25) is 0 Å². The lowest BCUT2D eigenvalue weighted by Crippen LogP contribution is -2.25. The molecule has 106 valence electrons. The van der Waals surface area contributed by atoms with Crippen LogP contribution in [0.5, 0.6) is 0 Å². The summed E-state index contributed by atoms with van der Waals surface area (Å²) in [5.74, 6) is 1.38. The Balaban J connectivity index is 1.55. The van der Waals surface area contributed by atoms with Crippen LogP contribution in [0.4, 0.5) is 0 Å². The Morgan fingerprint density at radius 2 is 2.10 bits per heavy atom. The number of amides is 1. The number of H-pyrrole nitrogens is 1. The lowest BCUT2D eigenvalue weighted by atomic mass is 10.2. The van der Waals surface area contributed by atoms with Crippen LogP contribution >= 0.6 is 11.3 Å². The Morgan fingerprint density at radius 3 is 2.86 bits per heavy atom. The summed E-state index contributed by atoms with van der Waals surface area (Å²) in [6, 6.07) is 11.6. The molecule has 0 saturated heterocycles. The molecule has 2 aromatic heterocycles. The zero-order valence-electron chi connectivity index (χ0n) is 11.2. The summed E-state index contributed by atoms with van der Waals surface area (Å²) in [7, 11) is 0. The Bertz CT molecular complexity index is 706. The monoisotopic (exact) mass is 298 g/mol. The van der Waals surface area contributed by atoms with Crippen LogP contribution in [0.15, 0.2) is 47.2 Å². The van der Waals surface area contributed by atoms with E-state index in [2.05, 4.69) is 20.5 Å². The minimum absolute atomic E-state index is 0.0564. The molecule has 0 radical (unpaired) electrons. The van der Waals surface area contributed by atoms with Gasteiger partial charge in [-0.2, -0.15) is 16.4 Å². The highest BCUT2D eigenvalue weighted by atomic mass is 32.1. The molecule has 0 aliphatic heterocycles. The van der Waals surface area contributed by atoms with E-state index in [1.807, 2.05) is 47.2 Å². The summed E-state index contributed by atoms with van der Waals surface area (Å²) in [6.45, 7) is 0.526. The van der Waals surface area contributed by atoms with E-state index in [1.165, 1.54) is 11.3 Å². The summed E-state index contributed by atoms with van der Waals surface area (Å²) in [4.78, 5) is 16.2. The summed E-state index contributed by atoms with van der Waals surface area (Å²) >= 11 is 1.51. The standard InChI is InChI=1S/C15H14N4OS/c20-15(12-7-9-21-10-12)16-8-6-13-17-14(19-18-13)11-4-2-1-3-5-11/h1-5,7,9-10H,6,8H2,(H,16,20)(H,17,18,19). The van der Waals surface area contributed by atoms with Gasteiger partial charge in [0, 0.05) is 29.5 Å². The van der Waals surface area contributed by atoms with Crippen molar-refractivity contribution >= 4 is 17.2 Å². The van der Waals surface area contributed by atoms with Crippen molar-refractivity contribution in [3.05, 3.63) is 58.5 Å². The molecular weight excluding hydrogens is 284 g/mol. The van der Waals surface area contributed by atoms with E-state index in [9.17, 15) is 4.79 Å². The van der Waals surface area contributed by atoms with Gasteiger partial charge in [0.15, 0.2) is 5.82 Å². The van der Waals surface area contributed by atoms with Crippen molar-refractivity contribution in [1.82, 2.24) is 20.5 Å². The molecule has 3 rings (SSSR count). The predicted octanol–water partition coefficient (Wildman–Crippen LogP) is 2.51. The fourth-order valence-corrected chi connectivity index (χ4v) is 2.55. The molecule has 5 nitrogen and oxygen atoms in total. The molecule has 0 aliphatic rings. The van der Waals surface area contributed by atoms with E-state index in [1.54, 1.807) is 0 Å². The Labute approximate surface area is 126 Å². The van der Waals surface area contributed by atoms with Crippen LogP contribution in [0, 0.1) is 0 Å². The smallest absolute Gasteiger partial charge is 0.252 e. The maximum Gasteiger partial charge on any atom is 0.252 e. The molecule has 0 saturated carbocycles. The van der Waals surface area contributed by atoms with Gasteiger partial charge in [0.05, 0.1) is 0 Å². The van der Waals surface area contributed by atoms with Crippen LogP contribution in [0.25, 0.3) is 11.4 Å². The first kappa shape index (κ1) is 13.5. The van der Waals surface area contributed by atoms with Crippen molar-refractivity contribution in [2.45, 2.75) is 6.42 Å². The first-order chi connectivity index (χ1) is 10.3. The Kier molecular flexibility index (Phi) is 4.07. The molecular formula is C15H14N4OS. The van der Waals surface area contributed by atoms with Crippen molar-refractivity contribution in [2.24, 2.45) is 0 Å². The van der Waals surface area contributed by atoms with E-state index in [4.69, 9.17) is 0 Å².